The topological polar surface area (TPSA) is 86.3 Å². The zero-order chi connectivity index (χ0) is 18.4. The van der Waals surface area contributed by atoms with Gasteiger partial charge in [0, 0.05) is 20.0 Å². The number of piperidine rings is 1. The Kier molecular flexibility index (Phi) is 5.96. The maximum absolute atomic E-state index is 11.0. The van der Waals surface area contributed by atoms with E-state index < -0.39 is 0 Å². The Bertz CT molecular complexity index is 729. The predicted molar refractivity (Wildman–Crippen MR) is 103 cm³/mol. The monoisotopic (exact) mass is 355 g/mol. The average Bonchev–Trinajstić information content (AvgIpc) is 2.64. The first-order valence-corrected chi connectivity index (χ1v) is 8.86. The van der Waals surface area contributed by atoms with Gasteiger partial charge in [0.1, 0.15) is 23.8 Å². The summed E-state index contributed by atoms with van der Waals surface area (Å²) in [6, 6.07) is 5.51. The molecule has 8 nitrogen and oxygen atoms in total. The molecule has 1 aliphatic rings. The number of likely N-dealkylation sites (tertiary alicyclic amines) is 1. The van der Waals surface area contributed by atoms with Crippen molar-refractivity contribution in [2.75, 3.05) is 42.3 Å². The first-order valence-electron chi connectivity index (χ1n) is 8.86. The fourth-order valence-electron chi connectivity index (χ4n) is 2.97. The van der Waals surface area contributed by atoms with Crippen molar-refractivity contribution in [1.82, 2.24) is 19.9 Å². The summed E-state index contributed by atoms with van der Waals surface area (Å²) in [6.07, 6.45) is 7.09. The molecule has 0 radical (unpaired) electrons. The van der Waals surface area contributed by atoms with Gasteiger partial charge in [-0.1, -0.05) is 6.42 Å². The van der Waals surface area contributed by atoms with Crippen molar-refractivity contribution in [2.45, 2.75) is 26.2 Å². The Hall–Kier alpha value is -2.74. The van der Waals surface area contributed by atoms with Crippen LogP contribution in [-0.4, -0.2) is 52.6 Å². The highest BCUT2D eigenvalue weighted by atomic mass is 16.1. The van der Waals surface area contributed by atoms with E-state index >= 15 is 0 Å². The zero-order valence-electron chi connectivity index (χ0n) is 15.3. The van der Waals surface area contributed by atoms with Crippen LogP contribution in [0.15, 0.2) is 30.7 Å². The van der Waals surface area contributed by atoms with Crippen molar-refractivity contribution in [1.29, 1.82) is 0 Å². The Balaban J connectivity index is 1.62. The molecule has 1 saturated heterocycles. The molecular weight excluding hydrogens is 330 g/mol. The normalized spacial score (nSPS) is 14.7. The zero-order valence-corrected chi connectivity index (χ0v) is 15.3. The van der Waals surface area contributed by atoms with E-state index in [1.165, 1.54) is 26.2 Å². The van der Waals surface area contributed by atoms with Gasteiger partial charge in [0.25, 0.3) is 0 Å². The van der Waals surface area contributed by atoms with Crippen LogP contribution in [0.1, 0.15) is 26.2 Å². The third kappa shape index (κ3) is 5.13. The van der Waals surface area contributed by atoms with Crippen LogP contribution < -0.4 is 15.5 Å². The van der Waals surface area contributed by atoms with Gasteiger partial charge in [0.15, 0.2) is 0 Å². The van der Waals surface area contributed by atoms with Crippen molar-refractivity contribution < 1.29 is 4.79 Å². The highest BCUT2D eigenvalue weighted by Gasteiger charge is 2.13. The van der Waals surface area contributed by atoms with E-state index in [9.17, 15) is 4.79 Å². The number of hydrogen-bond donors (Lipinski definition) is 2. The number of rotatable bonds is 6. The van der Waals surface area contributed by atoms with Gasteiger partial charge in [-0.2, -0.15) is 0 Å². The van der Waals surface area contributed by atoms with Gasteiger partial charge in [-0.3, -0.25) is 9.69 Å². The first kappa shape index (κ1) is 18.1. The van der Waals surface area contributed by atoms with E-state index in [2.05, 4.69) is 35.4 Å². The standard InChI is InChI=1S/C18H25N7O/c1-14(26)22-16-7-6-15(11-19-16)23-17-10-18(21-12-20-17)24(2)13-25-8-4-3-5-9-25/h6-7,10-12H,3-5,8-9,13H2,1-2H3,(H,19,22,26)(H,20,21,23). The molecule has 0 unspecified atom stereocenters. The molecule has 1 amide bonds. The third-order valence-electron chi connectivity index (χ3n) is 4.24. The van der Waals surface area contributed by atoms with Crippen LogP contribution in [0.2, 0.25) is 0 Å². The fourth-order valence-corrected chi connectivity index (χ4v) is 2.97. The van der Waals surface area contributed by atoms with Gasteiger partial charge in [0.2, 0.25) is 5.91 Å². The van der Waals surface area contributed by atoms with E-state index in [0.717, 1.165) is 31.3 Å². The molecule has 2 aromatic rings. The maximum Gasteiger partial charge on any atom is 0.222 e. The fraction of sp³-hybridized carbons (Fsp3) is 0.444. The van der Waals surface area contributed by atoms with Gasteiger partial charge >= 0.3 is 0 Å². The van der Waals surface area contributed by atoms with Crippen molar-refractivity contribution in [3.8, 4) is 0 Å². The summed E-state index contributed by atoms with van der Waals surface area (Å²) in [5.74, 6) is 1.95. The highest BCUT2D eigenvalue weighted by molar-refractivity contribution is 5.87. The summed E-state index contributed by atoms with van der Waals surface area (Å²) >= 11 is 0. The van der Waals surface area contributed by atoms with Gasteiger partial charge in [-0.05, 0) is 38.1 Å². The van der Waals surface area contributed by atoms with Crippen molar-refractivity contribution >= 4 is 29.0 Å². The minimum absolute atomic E-state index is 0.143. The molecule has 0 spiro atoms. The number of anilines is 4. The van der Waals surface area contributed by atoms with E-state index in [4.69, 9.17) is 0 Å². The van der Waals surface area contributed by atoms with Gasteiger partial charge in [-0.15, -0.1) is 0 Å². The minimum atomic E-state index is -0.143. The molecule has 26 heavy (non-hydrogen) atoms. The quantitative estimate of drug-likeness (QED) is 0.823. The van der Waals surface area contributed by atoms with Crippen LogP contribution in [-0.2, 0) is 4.79 Å². The van der Waals surface area contributed by atoms with E-state index in [-0.39, 0.29) is 5.91 Å². The Morgan fingerprint density at radius 2 is 1.96 bits per heavy atom. The van der Waals surface area contributed by atoms with Crippen LogP contribution in [0.4, 0.5) is 23.1 Å². The molecule has 0 saturated carbocycles. The second-order valence-electron chi connectivity index (χ2n) is 6.52. The summed E-state index contributed by atoms with van der Waals surface area (Å²) < 4.78 is 0. The van der Waals surface area contributed by atoms with Crippen molar-refractivity contribution in [3.05, 3.63) is 30.7 Å². The van der Waals surface area contributed by atoms with Crippen LogP contribution >= 0.6 is 0 Å². The molecule has 1 aliphatic heterocycles. The first-order chi connectivity index (χ1) is 12.6. The maximum atomic E-state index is 11.0. The number of carbonyl (C=O) groups is 1. The number of pyridine rings is 1. The number of nitrogens with zero attached hydrogens (tertiary/aromatic N) is 5. The summed E-state index contributed by atoms with van der Waals surface area (Å²) in [5, 5.41) is 5.86. The lowest BCUT2D eigenvalue weighted by Gasteiger charge is -2.31. The van der Waals surface area contributed by atoms with Gasteiger partial charge in [0.05, 0.1) is 18.6 Å². The lowest BCUT2D eigenvalue weighted by atomic mass is 10.1. The molecular formula is C18H25N7O. The number of aromatic nitrogens is 3. The van der Waals surface area contributed by atoms with Crippen LogP contribution in [0.3, 0.4) is 0 Å². The number of amides is 1. The second kappa shape index (κ2) is 8.57. The van der Waals surface area contributed by atoms with Gasteiger partial charge < -0.3 is 15.5 Å². The Morgan fingerprint density at radius 1 is 1.15 bits per heavy atom. The number of nitrogens with one attached hydrogen (secondary N) is 2. The summed E-state index contributed by atoms with van der Waals surface area (Å²) in [5.41, 5.74) is 0.794. The van der Waals surface area contributed by atoms with E-state index in [0.29, 0.717) is 11.6 Å². The third-order valence-corrected chi connectivity index (χ3v) is 4.24. The number of hydrogen-bond acceptors (Lipinski definition) is 7. The molecule has 138 valence electrons. The molecule has 2 N–H and O–H groups in total. The minimum Gasteiger partial charge on any atom is -0.347 e. The van der Waals surface area contributed by atoms with Crippen LogP contribution in [0, 0.1) is 0 Å². The molecule has 0 atom stereocenters. The summed E-state index contributed by atoms with van der Waals surface area (Å²) in [6.45, 7) is 4.61. The Labute approximate surface area is 153 Å². The number of carbonyl (C=O) groups excluding carboxylic acids is 1. The van der Waals surface area contributed by atoms with Crippen molar-refractivity contribution in [2.24, 2.45) is 0 Å². The van der Waals surface area contributed by atoms with Crippen LogP contribution in [0.25, 0.3) is 0 Å². The molecule has 0 aromatic carbocycles. The summed E-state index contributed by atoms with van der Waals surface area (Å²) in [7, 11) is 2.05. The highest BCUT2D eigenvalue weighted by Crippen LogP contribution is 2.19. The van der Waals surface area contributed by atoms with Gasteiger partial charge in [-0.25, -0.2) is 15.0 Å². The molecule has 0 bridgehead atoms. The predicted octanol–water partition coefficient (Wildman–Crippen LogP) is 2.45. The average molecular weight is 355 g/mol. The molecule has 2 aromatic heterocycles. The second-order valence-corrected chi connectivity index (χ2v) is 6.52. The van der Waals surface area contributed by atoms with E-state index in [1.54, 1.807) is 18.6 Å². The summed E-state index contributed by atoms with van der Waals surface area (Å²) in [4.78, 5) is 28.5. The molecule has 1 fully saturated rings. The van der Waals surface area contributed by atoms with E-state index in [1.807, 2.05) is 19.2 Å². The molecule has 3 rings (SSSR count). The smallest absolute Gasteiger partial charge is 0.222 e. The molecule has 3 heterocycles. The molecule has 8 heteroatoms. The lowest BCUT2D eigenvalue weighted by Crippen LogP contribution is -2.39. The van der Waals surface area contributed by atoms with Crippen LogP contribution in [0.5, 0.6) is 0 Å². The largest absolute Gasteiger partial charge is 0.347 e. The van der Waals surface area contributed by atoms with Crippen molar-refractivity contribution in [3.63, 3.8) is 0 Å². The lowest BCUT2D eigenvalue weighted by molar-refractivity contribution is -0.114. The molecule has 0 aliphatic carbocycles. The SMILES string of the molecule is CC(=O)Nc1ccc(Nc2cc(N(C)CN3CCCCC3)ncn2)cn1. The Morgan fingerprint density at radius 3 is 2.65 bits per heavy atom.